The highest BCUT2D eigenvalue weighted by Gasteiger charge is 2.18. The average molecular weight is 447 g/mol. The van der Waals surface area contributed by atoms with Gasteiger partial charge >= 0.3 is 17.6 Å². The van der Waals surface area contributed by atoms with Crippen LogP contribution in [-0.4, -0.2) is 91.1 Å². The Morgan fingerprint density at radius 2 is 1.72 bits per heavy atom. The SMILES string of the molecule is Cn1ncc(OCCCN2CCN(c3ncccn3)CC2)nc1=O.O=C(O)C=CC(=O)O. The number of carbonyl (C=O) groups is 2. The zero-order chi connectivity index (χ0) is 23.3. The average Bonchev–Trinajstić information content (AvgIpc) is 2.79. The maximum absolute atomic E-state index is 11.4. The van der Waals surface area contributed by atoms with Crippen LogP contribution in [0, 0.1) is 0 Å². The zero-order valence-corrected chi connectivity index (χ0v) is 17.6. The maximum Gasteiger partial charge on any atom is 0.366 e. The number of ether oxygens (including phenoxy) is 1. The lowest BCUT2D eigenvalue weighted by atomic mass is 10.3. The fourth-order valence-electron chi connectivity index (χ4n) is 2.68. The predicted octanol–water partition coefficient (Wildman–Crippen LogP) is -0.732. The number of carboxylic acids is 2. The fraction of sp³-hybridized carbons (Fsp3) is 0.421. The fourth-order valence-corrected chi connectivity index (χ4v) is 2.68. The number of nitrogens with zero attached hydrogens (tertiary/aromatic N) is 7. The van der Waals surface area contributed by atoms with Gasteiger partial charge in [-0.3, -0.25) is 4.90 Å². The van der Waals surface area contributed by atoms with Crippen LogP contribution in [0.2, 0.25) is 0 Å². The molecule has 3 heterocycles. The molecule has 0 saturated carbocycles. The first-order valence-electron chi connectivity index (χ1n) is 9.76. The second kappa shape index (κ2) is 12.7. The maximum atomic E-state index is 11.4. The topological polar surface area (TPSA) is 164 Å². The van der Waals surface area contributed by atoms with Gasteiger partial charge < -0.3 is 19.8 Å². The predicted molar refractivity (Wildman–Crippen MR) is 112 cm³/mol. The van der Waals surface area contributed by atoms with E-state index in [-0.39, 0.29) is 5.88 Å². The van der Waals surface area contributed by atoms with E-state index in [2.05, 4.69) is 29.9 Å². The van der Waals surface area contributed by atoms with Gasteiger partial charge in [0.1, 0.15) is 6.20 Å². The van der Waals surface area contributed by atoms with E-state index >= 15 is 0 Å². The summed E-state index contributed by atoms with van der Waals surface area (Å²) >= 11 is 0. The van der Waals surface area contributed by atoms with E-state index in [0.717, 1.165) is 45.1 Å². The number of carboxylic acid groups (broad SMARTS) is 2. The Morgan fingerprint density at radius 3 is 2.28 bits per heavy atom. The number of aryl methyl sites for hydroxylation is 1. The van der Waals surface area contributed by atoms with Crippen LogP contribution in [0.3, 0.4) is 0 Å². The smallest absolute Gasteiger partial charge is 0.366 e. The molecule has 0 aliphatic carbocycles. The number of piperazine rings is 1. The van der Waals surface area contributed by atoms with E-state index in [1.807, 2.05) is 6.07 Å². The molecule has 0 aromatic carbocycles. The first kappa shape index (κ1) is 24.4. The summed E-state index contributed by atoms with van der Waals surface area (Å²) in [6.45, 7) is 5.26. The van der Waals surface area contributed by atoms with Crippen molar-refractivity contribution in [3.05, 3.63) is 47.3 Å². The van der Waals surface area contributed by atoms with Crippen molar-refractivity contribution >= 4 is 17.9 Å². The van der Waals surface area contributed by atoms with Crippen LogP contribution in [0.1, 0.15) is 6.42 Å². The van der Waals surface area contributed by atoms with Crippen LogP contribution in [0.25, 0.3) is 0 Å². The Bertz CT molecular complexity index is 942. The number of rotatable bonds is 8. The van der Waals surface area contributed by atoms with Crippen LogP contribution in [0.4, 0.5) is 5.95 Å². The summed E-state index contributed by atoms with van der Waals surface area (Å²) in [5.41, 5.74) is -0.410. The Labute approximate surface area is 183 Å². The molecule has 0 unspecified atom stereocenters. The van der Waals surface area contributed by atoms with Crippen molar-refractivity contribution in [1.82, 2.24) is 29.6 Å². The molecule has 0 radical (unpaired) electrons. The third-order valence-corrected chi connectivity index (χ3v) is 4.27. The molecule has 13 heteroatoms. The number of aromatic nitrogens is 5. The monoisotopic (exact) mass is 447 g/mol. The van der Waals surface area contributed by atoms with Gasteiger partial charge in [-0.05, 0) is 12.5 Å². The molecule has 0 spiro atoms. The van der Waals surface area contributed by atoms with E-state index in [9.17, 15) is 14.4 Å². The van der Waals surface area contributed by atoms with Crippen molar-refractivity contribution in [2.45, 2.75) is 6.42 Å². The lowest BCUT2D eigenvalue weighted by molar-refractivity contribution is -0.134. The van der Waals surface area contributed by atoms with Crippen LogP contribution in [0.15, 0.2) is 41.6 Å². The van der Waals surface area contributed by atoms with Crippen molar-refractivity contribution in [1.29, 1.82) is 0 Å². The minimum absolute atomic E-state index is 0.282. The lowest BCUT2D eigenvalue weighted by Crippen LogP contribution is -2.47. The lowest BCUT2D eigenvalue weighted by Gasteiger charge is -2.34. The van der Waals surface area contributed by atoms with Crippen LogP contribution in [-0.2, 0) is 16.6 Å². The Kier molecular flexibility index (Phi) is 9.71. The van der Waals surface area contributed by atoms with Crippen molar-refractivity contribution in [2.24, 2.45) is 7.05 Å². The van der Waals surface area contributed by atoms with Crippen molar-refractivity contribution < 1.29 is 24.5 Å². The highest BCUT2D eigenvalue weighted by Crippen LogP contribution is 2.10. The quantitative estimate of drug-likeness (QED) is 0.385. The normalized spacial score (nSPS) is 14.0. The molecule has 1 aliphatic rings. The number of aliphatic carboxylic acids is 2. The second-order valence-electron chi connectivity index (χ2n) is 6.59. The van der Waals surface area contributed by atoms with Gasteiger partial charge in [-0.1, -0.05) is 0 Å². The van der Waals surface area contributed by atoms with E-state index in [1.165, 1.54) is 10.9 Å². The van der Waals surface area contributed by atoms with Crippen LogP contribution in [0.5, 0.6) is 5.88 Å². The summed E-state index contributed by atoms with van der Waals surface area (Å²) in [5, 5.41) is 19.5. The Balaban J connectivity index is 0.000000390. The molecule has 0 bridgehead atoms. The van der Waals surface area contributed by atoms with Crippen molar-refractivity contribution in [3.63, 3.8) is 0 Å². The molecule has 3 rings (SSSR count). The summed E-state index contributed by atoms with van der Waals surface area (Å²) in [7, 11) is 1.55. The summed E-state index contributed by atoms with van der Waals surface area (Å²) in [6, 6.07) is 1.83. The van der Waals surface area contributed by atoms with E-state index in [0.29, 0.717) is 18.8 Å². The summed E-state index contributed by atoms with van der Waals surface area (Å²) in [5.74, 6) is -1.44. The van der Waals surface area contributed by atoms with Crippen molar-refractivity contribution in [2.75, 3.05) is 44.2 Å². The van der Waals surface area contributed by atoms with E-state index in [1.54, 1.807) is 19.4 Å². The van der Waals surface area contributed by atoms with Crippen LogP contribution < -0.4 is 15.3 Å². The standard InChI is InChI=1S/C15H21N7O2.C4H4O4/c1-20-15(23)19-13(12-18-20)24-11-3-6-21-7-9-22(10-8-21)14-16-4-2-5-17-14;5-3(6)1-2-4(7)8/h2,4-5,12H,3,6-11H2,1H3;1-2H,(H,5,6)(H,7,8). The largest absolute Gasteiger partial charge is 0.478 e. The van der Waals surface area contributed by atoms with Gasteiger partial charge in [0.25, 0.3) is 0 Å². The first-order chi connectivity index (χ1) is 15.3. The molecule has 2 aromatic heterocycles. The molecule has 1 saturated heterocycles. The first-order valence-corrected chi connectivity index (χ1v) is 9.76. The van der Waals surface area contributed by atoms with E-state index < -0.39 is 17.6 Å². The number of anilines is 1. The van der Waals surface area contributed by atoms with Crippen molar-refractivity contribution in [3.8, 4) is 5.88 Å². The summed E-state index contributed by atoms with van der Waals surface area (Å²) in [4.78, 5) is 47.4. The third kappa shape index (κ3) is 8.87. The minimum atomic E-state index is -1.26. The van der Waals surface area contributed by atoms with E-state index in [4.69, 9.17) is 14.9 Å². The molecule has 1 fully saturated rings. The third-order valence-electron chi connectivity index (χ3n) is 4.27. The number of hydrogen-bond acceptors (Lipinski definition) is 10. The van der Waals surface area contributed by atoms with Gasteiger partial charge in [0, 0.05) is 64.3 Å². The highest BCUT2D eigenvalue weighted by molar-refractivity contribution is 5.89. The molecule has 172 valence electrons. The molecular formula is C19H25N7O6. The number of hydrogen-bond donors (Lipinski definition) is 2. The molecule has 32 heavy (non-hydrogen) atoms. The Hall–Kier alpha value is -3.87. The van der Waals surface area contributed by atoms with Gasteiger partial charge in [0.2, 0.25) is 11.8 Å². The molecule has 0 atom stereocenters. The zero-order valence-electron chi connectivity index (χ0n) is 17.6. The Morgan fingerprint density at radius 1 is 1.09 bits per heavy atom. The van der Waals surface area contributed by atoms with Gasteiger partial charge in [0.15, 0.2) is 0 Å². The van der Waals surface area contributed by atoms with Gasteiger partial charge in [-0.25, -0.2) is 29.0 Å². The second-order valence-corrected chi connectivity index (χ2v) is 6.59. The molecule has 2 aromatic rings. The summed E-state index contributed by atoms with van der Waals surface area (Å²) < 4.78 is 6.65. The van der Waals surface area contributed by atoms with Gasteiger partial charge in [0.05, 0.1) is 6.61 Å². The molecule has 13 nitrogen and oxygen atoms in total. The van der Waals surface area contributed by atoms with Gasteiger partial charge in [-0.15, -0.1) is 0 Å². The molecule has 1 aliphatic heterocycles. The molecular weight excluding hydrogens is 422 g/mol. The molecule has 0 amide bonds. The minimum Gasteiger partial charge on any atom is -0.478 e. The molecule has 2 N–H and O–H groups in total. The van der Waals surface area contributed by atoms with Gasteiger partial charge in [-0.2, -0.15) is 10.1 Å². The summed E-state index contributed by atoms with van der Waals surface area (Å²) in [6.07, 6.45) is 6.99. The van der Waals surface area contributed by atoms with Crippen LogP contribution >= 0.6 is 0 Å². The highest BCUT2D eigenvalue weighted by atomic mass is 16.5.